The maximum Gasteiger partial charge on any atom is 0.134 e. The van der Waals surface area contributed by atoms with Crippen LogP contribution < -0.4 is 5.32 Å². The molecule has 0 aromatic heterocycles. The normalized spacial score (nSPS) is 35.5. The maximum atomic E-state index is 9.83. The van der Waals surface area contributed by atoms with Gasteiger partial charge in [0.25, 0.3) is 0 Å². The number of benzene rings is 1. The van der Waals surface area contributed by atoms with Crippen molar-refractivity contribution < 1.29 is 5.11 Å². The van der Waals surface area contributed by atoms with Crippen molar-refractivity contribution >= 4 is 11.6 Å². The van der Waals surface area contributed by atoms with Gasteiger partial charge in [0, 0.05) is 6.04 Å². The van der Waals surface area contributed by atoms with E-state index in [0.29, 0.717) is 17.0 Å². The third-order valence-corrected chi connectivity index (χ3v) is 5.26. The molecule has 1 aliphatic heterocycles. The zero-order valence-corrected chi connectivity index (χ0v) is 11.0. The minimum Gasteiger partial charge on any atom is -0.506 e. The van der Waals surface area contributed by atoms with Crippen LogP contribution in [0.1, 0.15) is 31.4 Å². The number of hydrogen-bond acceptors (Lipinski definition) is 2. The van der Waals surface area contributed by atoms with E-state index in [4.69, 9.17) is 11.6 Å². The van der Waals surface area contributed by atoms with E-state index in [9.17, 15) is 5.11 Å². The Hall–Kier alpha value is -0.730. The summed E-state index contributed by atoms with van der Waals surface area (Å²) in [4.78, 5) is 0. The number of rotatable bonds is 0. The third-order valence-electron chi connectivity index (χ3n) is 4.88. The molecule has 2 bridgehead atoms. The summed E-state index contributed by atoms with van der Waals surface area (Å²) in [5.41, 5.74) is 2.58. The summed E-state index contributed by atoms with van der Waals surface area (Å²) in [5.74, 6) is 0.777. The quantitative estimate of drug-likeness (QED) is 0.743. The molecule has 3 rings (SSSR count). The lowest BCUT2D eigenvalue weighted by molar-refractivity contribution is 0.158. The molecule has 1 aromatic carbocycles. The molecule has 92 valence electrons. The number of phenols is 1. The van der Waals surface area contributed by atoms with Crippen molar-refractivity contribution in [1.29, 1.82) is 0 Å². The first-order valence-corrected chi connectivity index (χ1v) is 6.66. The summed E-state index contributed by atoms with van der Waals surface area (Å²) < 4.78 is 0. The minimum atomic E-state index is 0.0966. The molecule has 0 amide bonds. The second kappa shape index (κ2) is 3.63. The molecule has 17 heavy (non-hydrogen) atoms. The van der Waals surface area contributed by atoms with Crippen LogP contribution in [0.2, 0.25) is 5.02 Å². The summed E-state index contributed by atoms with van der Waals surface area (Å²) in [6, 6.07) is 4.29. The first-order chi connectivity index (χ1) is 8.04. The number of nitrogens with one attached hydrogen (secondary N) is 1. The number of aromatic hydroxyl groups is 1. The van der Waals surface area contributed by atoms with Gasteiger partial charge in [-0.05, 0) is 47.9 Å². The molecule has 1 fully saturated rings. The van der Waals surface area contributed by atoms with Crippen LogP contribution in [0, 0.1) is 5.92 Å². The molecule has 1 heterocycles. The first kappa shape index (κ1) is 11.4. The van der Waals surface area contributed by atoms with Gasteiger partial charge in [0.1, 0.15) is 5.75 Å². The van der Waals surface area contributed by atoms with E-state index in [2.05, 4.69) is 19.2 Å². The van der Waals surface area contributed by atoms with Crippen LogP contribution in [0.4, 0.5) is 0 Å². The lowest BCUT2D eigenvalue weighted by atomic mass is 9.59. The second-order valence-corrected chi connectivity index (χ2v) is 6.03. The number of halogens is 1. The lowest BCUT2D eigenvalue weighted by Crippen LogP contribution is -2.56. The fourth-order valence-electron chi connectivity index (χ4n) is 3.60. The zero-order valence-electron chi connectivity index (χ0n) is 10.3. The highest BCUT2D eigenvalue weighted by Gasteiger charge is 2.46. The van der Waals surface area contributed by atoms with E-state index in [-0.39, 0.29) is 11.2 Å². The number of hydrogen-bond donors (Lipinski definition) is 2. The Morgan fingerprint density at radius 2 is 2.24 bits per heavy atom. The van der Waals surface area contributed by atoms with Crippen molar-refractivity contribution in [2.24, 2.45) is 5.92 Å². The number of phenolic OH excluding ortho intramolecular Hbond substituents is 1. The van der Waals surface area contributed by atoms with Gasteiger partial charge in [0.15, 0.2) is 0 Å². The van der Waals surface area contributed by atoms with Crippen molar-refractivity contribution in [3.05, 3.63) is 28.3 Å². The van der Waals surface area contributed by atoms with Crippen LogP contribution in [0.5, 0.6) is 5.75 Å². The summed E-state index contributed by atoms with van der Waals surface area (Å²) >= 11 is 6.34. The van der Waals surface area contributed by atoms with Gasteiger partial charge in [-0.25, -0.2) is 0 Å². The van der Waals surface area contributed by atoms with Crippen molar-refractivity contribution in [1.82, 2.24) is 5.32 Å². The summed E-state index contributed by atoms with van der Waals surface area (Å²) in [6.07, 6.45) is 2.10. The molecule has 2 aliphatic rings. The largest absolute Gasteiger partial charge is 0.506 e. The minimum absolute atomic E-state index is 0.0966. The zero-order chi connectivity index (χ0) is 12.2. The predicted octanol–water partition coefficient (Wildman–Crippen LogP) is 2.86. The molecule has 1 aromatic rings. The van der Waals surface area contributed by atoms with Crippen LogP contribution in [0.3, 0.4) is 0 Å². The average molecular weight is 252 g/mol. The molecule has 3 atom stereocenters. The van der Waals surface area contributed by atoms with Gasteiger partial charge in [-0.3, -0.25) is 0 Å². The molecule has 2 nitrogen and oxygen atoms in total. The van der Waals surface area contributed by atoms with E-state index in [1.54, 1.807) is 6.07 Å². The molecular formula is C14H18ClNO. The molecule has 1 aliphatic carbocycles. The summed E-state index contributed by atoms with van der Waals surface area (Å²) in [7, 11) is 0. The van der Waals surface area contributed by atoms with Crippen molar-refractivity contribution in [3.8, 4) is 5.75 Å². The van der Waals surface area contributed by atoms with Gasteiger partial charge in [0.05, 0.1) is 5.02 Å². The molecule has 0 radical (unpaired) electrons. The molecule has 1 saturated heterocycles. The van der Waals surface area contributed by atoms with Gasteiger partial charge >= 0.3 is 0 Å². The highest BCUT2D eigenvalue weighted by molar-refractivity contribution is 6.33. The highest BCUT2D eigenvalue weighted by atomic mass is 35.5. The van der Waals surface area contributed by atoms with E-state index >= 15 is 0 Å². The summed E-state index contributed by atoms with van der Waals surface area (Å²) in [5, 5.41) is 14.0. The van der Waals surface area contributed by atoms with Crippen LogP contribution >= 0.6 is 11.6 Å². The predicted molar refractivity (Wildman–Crippen MR) is 69.7 cm³/mol. The maximum absolute atomic E-state index is 9.83. The van der Waals surface area contributed by atoms with Gasteiger partial charge < -0.3 is 10.4 Å². The number of piperidine rings is 1. The third kappa shape index (κ3) is 1.44. The Kier molecular flexibility index (Phi) is 2.43. The molecule has 3 heteroatoms. The Bertz CT molecular complexity index is 474. The smallest absolute Gasteiger partial charge is 0.134 e. The Morgan fingerprint density at radius 3 is 3.00 bits per heavy atom. The van der Waals surface area contributed by atoms with Crippen molar-refractivity contribution in [2.75, 3.05) is 6.54 Å². The van der Waals surface area contributed by atoms with Crippen LogP contribution in [0.15, 0.2) is 12.1 Å². The fourth-order valence-corrected chi connectivity index (χ4v) is 4.00. The standard InChI is InChI=1S/C14H18ClNO/c1-8-10-7-9-3-4-11(17)13(15)12(9)14(8,2)5-6-16-10/h3-4,8,10,16-17H,5-7H2,1-2H3/t8-,10+,14+/m1/s1. The van der Waals surface area contributed by atoms with Gasteiger partial charge in [-0.15, -0.1) is 0 Å². The van der Waals surface area contributed by atoms with Crippen molar-refractivity contribution in [3.63, 3.8) is 0 Å². The molecular weight excluding hydrogens is 234 g/mol. The molecule has 2 N–H and O–H groups in total. The SMILES string of the molecule is C[C@@H]1[C@@H]2Cc3ccc(O)c(Cl)c3[C@@]1(C)CCN2. The van der Waals surface area contributed by atoms with E-state index in [1.165, 1.54) is 11.1 Å². The van der Waals surface area contributed by atoms with Crippen LogP contribution in [-0.4, -0.2) is 17.7 Å². The summed E-state index contributed by atoms with van der Waals surface area (Å²) in [6.45, 7) is 5.62. The second-order valence-electron chi connectivity index (χ2n) is 5.65. The Morgan fingerprint density at radius 1 is 1.47 bits per heavy atom. The Labute approximate surface area is 107 Å². The Balaban J connectivity index is 2.24. The monoisotopic (exact) mass is 251 g/mol. The van der Waals surface area contributed by atoms with Gasteiger partial charge in [-0.2, -0.15) is 0 Å². The lowest BCUT2D eigenvalue weighted by Gasteiger charge is -2.50. The van der Waals surface area contributed by atoms with Crippen molar-refractivity contribution in [2.45, 2.75) is 38.1 Å². The molecule has 0 saturated carbocycles. The average Bonchev–Trinajstić information content (AvgIpc) is 2.27. The van der Waals surface area contributed by atoms with Gasteiger partial charge in [-0.1, -0.05) is 31.5 Å². The van der Waals surface area contributed by atoms with Crippen LogP contribution in [-0.2, 0) is 11.8 Å². The first-order valence-electron chi connectivity index (χ1n) is 6.28. The van der Waals surface area contributed by atoms with E-state index in [0.717, 1.165) is 19.4 Å². The van der Waals surface area contributed by atoms with E-state index in [1.807, 2.05) is 6.07 Å². The van der Waals surface area contributed by atoms with Gasteiger partial charge in [0.2, 0.25) is 0 Å². The highest BCUT2D eigenvalue weighted by Crippen LogP contribution is 2.50. The van der Waals surface area contributed by atoms with Crippen LogP contribution in [0.25, 0.3) is 0 Å². The number of fused-ring (bicyclic) bond motifs is 4. The molecule has 0 unspecified atom stereocenters. The topological polar surface area (TPSA) is 32.3 Å². The van der Waals surface area contributed by atoms with E-state index < -0.39 is 0 Å². The molecule has 0 spiro atoms. The fraction of sp³-hybridized carbons (Fsp3) is 0.571.